The third-order valence-corrected chi connectivity index (χ3v) is 4.18. The topological polar surface area (TPSA) is 70.7 Å². The minimum Gasteiger partial charge on any atom is -0.497 e. The lowest BCUT2D eigenvalue weighted by Gasteiger charge is -2.17. The maximum Gasteiger partial charge on any atom is 0.315 e. The van der Waals surface area contributed by atoms with Crippen LogP contribution in [0.15, 0.2) is 48.5 Å². The predicted octanol–water partition coefficient (Wildman–Crippen LogP) is 2.08. The first-order valence-electron chi connectivity index (χ1n) is 8.20. The Morgan fingerprint density at radius 3 is 2.80 bits per heavy atom. The molecule has 6 nitrogen and oxygen atoms in total. The summed E-state index contributed by atoms with van der Waals surface area (Å²) in [6, 6.07) is 14.9. The minimum absolute atomic E-state index is 0.0295. The van der Waals surface area contributed by atoms with Gasteiger partial charge in [-0.05, 0) is 35.7 Å². The summed E-state index contributed by atoms with van der Waals surface area (Å²) in [5, 5.41) is 5.36. The maximum absolute atomic E-state index is 12.3. The normalized spacial score (nSPS) is 12.4. The number of hydrogen-bond acceptors (Lipinski definition) is 3. The fourth-order valence-corrected chi connectivity index (χ4v) is 2.88. The van der Waals surface area contributed by atoms with Crippen molar-refractivity contribution in [1.29, 1.82) is 0 Å². The number of carbonyl (C=O) groups is 2. The molecule has 0 aromatic heterocycles. The fraction of sp³-hybridized carbons (Fsp3) is 0.263. The van der Waals surface area contributed by atoms with Gasteiger partial charge in [-0.2, -0.15) is 0 Å². The van der Waals surface area contributed by atoms with Gasteiger partial charge in [0.25, 0.3) is 0 Å². The van der Waals surface area contributed by atoms with Crippen LogP contribution >= 0.6 is 0 Å². The van der Waals surface area contributed by atoms with Crippen LogP contribution < -0.4 is 20.3 Å². The molecule has 1 aliphatic heterocycles. The summed E-state index contributed by atoms with van der Waals surface area (Å²) in [6.07, 6.45) is 0.851. The first-order chi connectivity index (χ1) is 12.2. The second-order valence-corrected chi connectivity index (χ2v) is 5.81. The first-order valence-corrected chi connectivity index (χ1v) is 8.20. The van der Waals surface area contributed by atoms with E-state index < -0.39 is 0 Å². The number of fused-ring (bicyclic) bond motifs is 1. The zero-order valence-corrected chi connectivity index (χ0v) is 14.1. The third kappa shape index (κ3) is 4.09. The maximum atomic E-state index is 12.3. The molecular weight excluding hydrogens is 318 g/mol. The molecule has 6 heteroatoms. The van der Waals surface area contributed by atoms with E-state index in [1.54, 1.807) is 12.0 Å². The van der Waals surface area contributed by atoms with Crippen LogP contribution in [0, 0.1) is 0 Å². The van der Waals surface area contributed by atoms with E-state index in [9.17, 15) is 9.59 Å². The van der Waals surface area contributed by atoms with Crippen molar-refractivity contribution >= 4 is 17.6 Å². The van der Waals surface area contributed by atoms with E-state index in [1.807, 2.05) is 48.5 Å². The van der Waals surface area contributed by atoms with E-state index >= 15 is 0 Å². The number of para-hydroxylation sites is 1. The Morgan fingerprint density at radius 2 is 1.96 bits per heavy atom. The minimum atomic E-state index is -0.372. The van der Waals surface area contributed by atoms with E-state index in [0.29, 0.717) is 13.1 Å². The van der Waals surface area contributed by atoms with Crippen LogP contribution in [-0.4, -0.2) is 32.1 Å². The Morgan fingerprint density at radius 1 is 1.12 bits per heavy atom. The lowest BCUT2D eigenvalue weighted by atomic mass is 10.2. The van der Waals surface area contributed by atoms with Crippen LogP contribution in [0.1, 0.15) is 11.1 Å². The number of ether oxygens (including phenoxy) is 1. The molecule has 3 amide bonds. The standard InChI is InChI=1S/C19H21N3O3/c1-25-16-7-4-5-14(11-16)12-20-19(24)21-13-18(23)22-10-9-15-6-2-3-8-17(15)22/h2-8,11H,9-10,12-13H2,1H3,(H2,20,21,24). The van der Waals surface area contributed by atoms with Gasteiger partial charge in [0.2, 0.25) is 5.91 Å². The lowest BCUT2D eigenvalue weighted by molar-refractivity contribution is -0.117. The third-order valence-electron chi connectivity index (χ3n) is 4.18. The number of nitrogens with one attached hydrogen (secondary N) is 2. The van der Waals surface area contributed by atoms with Gasteiger partial charge in [0.05, 0.1) is 13.7 Å². The van der Waals surface area contributed by atoms with Gasteiger partial charge in [-0.15, -0.1) is 0 Å². The quantitative estimate of drug-likeness (QED) is 0.876. The molecule has 0 saturated carbocycles. The SMILES string of the molecule is COc1cccc(CNC(=O)NCC(=O)N2CCc3ccccc32)c1. The molecule has 0 atom stereocenters. The second kappa shape index (κ2) is 7.70. The molecule has 1 heterocycles. The number of rotatable bonds is 5. The van der Waals surface area contributed by atoms with E-state index in [4.69, 9.17) is 4.74 Å². The zero-order valence-electron chi connectivity index (χ0n) is 14.1. The molecule has 0 saturated heterocycles. The molecule has 0 radical (unpaired) electrons. The van der Waals surface area contributed by atoms with Gasteiger partial charge < -0.3 is 20.3 Å². The molecule has 2 N–H and O–H groups in total. The summed E-state index contributed by atoms with van der Waals surface area (Å²) in [6.45, 7) is 0.993. The van der Waals surface area contributed by atoms with Crippen molar-refractivity contribution in [3.05, 3.63) is 59.7 Å². The molecule has 0 bridgehead atoms. The van der Waals surface area contributed by atoms with Crippen molar-refractivity contribution in [2.24, 2.45) is 0 Å². The Hall–Kier alpha value is -3.02. The fourth-order valence-electron chi connectivity index (χ4n) is 2.88. The van der Waals surface area contributed by atoms with Crippen molar-refractivity contribution in [1.82, 2.24) is 10.6 Å². The number of benzene rings is 2. The molecule has 130 valence electrons. The molecule has 2 aromatic carbocycles. The van der Waals surface area contributed by atoms with Gasteiger partial charge in [-0.3, -0.25) is 4.79 Å². The van der Waals surface area contributed by atoms with Gasteiger partial charge >= 0.3 is 6.03 Å². The second-order valence-electron chi connectivity index (χ2n) is 5.81. The number of carbonyl (C=O) groups excluding carboxylic acids is 2. The molecule has 0 fully saturated rings. The summed E-state index contributed by atoms with van der Waals surface area (Å²) in [4.78, 5) is 26.0. The Bertz CT molecular complexity index is 776. The van der Waals surface area contributed by atoms with Crippen LogP contribution in [0.2, 0.25) is 0 Å². The van der Waals surface area contributed by atoms with Crippen LogP contribution in [0.25, 0.3) is 0 Å². The van der Waals surface area contributed by atoms with E-state index in [0.717, 1.165) is 23.4 Å². The lowest BCUT2D eigenvalue weighted by Crippen LogP contribution is -2.43. The Labute approximate surface area is 146 Å². The summed E-state index contributed by atoms with van der Waals surface area (Å²) in [5.74, 6) is 0.629. The summed E-state index contributed by atoms with van der Waals surface area (Å²) in [5.41, 5.74) is 3.03. The largest absolute Gasteiger partial charge is 0.497 e. The van der Waals surface area contributed by atoms with E-state index in [2.05, 4.69) is 10.6 Å². The average Bonchev–Trinajstić information content (AvgIpc) is 3.09. The van der Waals surface area contributed by atoms with Crippen LogP contribution in [0.4, 0.5) is 10.5 Å². The first kappa shape index (κ1) is 16.8. The average molecular weight is 339 g/mol. The van der Waals surface area contributed by atoms with Crippen molar-refractivity contribution in [3.63, 3.8) is 0 Å². The number of hydrogen-bond donors (Lipinski definition) is 2. The van der Waals surface area contributed by atoms with E-state index in [-0.39, 0.29) is 18.5 Å². The number of anilines is 1. The molecule has 25 heavy (non-hydrogen) atoms. The molecule has 0 aliphatic carbocycles. The highest BCUT2D eigenvalue weighted by Gasteiger charge is 2.23. The molecule has 1 aliphatic rings. The van der Waals surface area contributed by atoms with Crippen LogP contribution in [0.5, 0.6) is 5.75 Å². The number of nitrogens with zero attached hydrogens (tertiary/aromatic N) is 1. The number of amides is 3. The zero-order chi connectivity index (χ0) is 17.6. The summed E-state index contributed by atoms with van der Waals surface area (Å²) in [7, 11) is 1.60. The van der Waals surface area contributed by atoms with Crippen molar-refractivity contribution in [3.8, 4) is 5.75 Å². The number of urea groups is 1. The molecule has 3 rings (SSSR count). The molecule has 2 aromatic rings. The molecular formula is C19H21N3O3. The Kier molecular flexibility index (Phi) is 5.18. The van der Waals surface area contributed by atoms with Crippen LogP contribution in [0.3, 0.4) is 0 Å². The highest BCUT2D eigenvalue weighted by molar-refractivity contribution is 5.98. The Balaban J connectivity index is 1.47. The highest BCUT2D eigenvalue weighted by atomic mass is 16.5. The predicted molar refractivity (Wildman–Crippen MR) is 95.7 cm³/mol. The van der Waals surface area contributed by atoms with Gasteiger partial charge in [0.15, 0.2) is 0 Å². The number of methoxy groups -OCH3 is 1. The molecule has 0 spiro atoms. The van der Waals surface area contributed by atoms with E-state index in [1.165, 1.54) is 5.56 Å². The summed E-state index contributed by atoms with van der Waals surface area (Å²) >= 11 is 0. The smallest absolute Gasteiger partial charge is 0.315 e. The van der Waals surface area contributed by atoms with Gasteiger partial charge in [-0.25, -0.2) is 4.79 Å². The van der Waals surface area contributed by atoms with Crippen molar-refractivity contribution < 1.29 is 14.3 Å². The highest BCUT2D eigenvalue weighted by Crippen LogP contribution is 2.27. The molecule has 0 unspecified atom stereocenters. The van der Waals surface area contributed by atoms with Crippen LogP contribution in [-0.2, 0) is 17.8 Å². The van der Waals surface area contributed by atoms with Crippen molar-refractivity contribution in [2.45, 2.75) is 13.0 Å². The monoisotopic (exact) mass is 339 g/mol. The van der Waals surface area contributed by atoms with Gasteiger partial charge in [0.1, 0.15) is 5.75 Å². The summed E-state index contributed by atoms with van der Waals surface area (Å²) < 4.78 is 5.15. The van der Waals surface area contributed by atoms with Gasteiger partial charge in [0, 0.05) is 18.8 Å². The van der Waals surface area contributed by atoms with Crippen molar-refractivity contribution in [2.75, 3.05) is 25.1 Å². The van der Waals surface area contributed by atoms with Gasteiger partial charge in [-0.1, -0.05) is 30.3 Å².